The Bertz CT molecular complexity index is 615. The Labute approximate surface area is 131 Å². The number of aliphatic hydroxyl groups is 1. The van der Waals surface area contributed by atoms with Gasteiger partial charge >= 0.3 is 0 Å². The molecule has 3 rings (SSSR count). The number of aliphatic hydroxyl groups excluding tert-OH is 1. The SMILES string of the molecule is C=C(C)C1=NC(O)=CC(c2ccccc2)(N2CCCCC2)O1. The molecule has 4 heteroatoms. The maximum Gasteiger partial charge on any atom is 0.221 e. The van der Waals surface area contributed by atoms with Crippen LogP contribution in [0.2, 0.25) is 0 Å². The number of hydrogen-bond donors (Lipinski definition) is 1. The van der Waals surface area contributed by atoms with Gasteiger partial charge in [-0.1, -0.05) is 43.3 Å². The summed E-state index contributed by atoms with van der Waals surface area (Å²) in [5.74, 6) is 0.383. The molecule has 1 N–H and O–H groups in total. The molecule has 2 heterocycles. The topological polar surface area (TPSA) is 45.1 Å². The lowest BCUT2D eigenvalue weighted by atomic mass is 9.96. The standard InChI is InChI=1S/C18H22N2O2/c1-14(2)17-19-16(21)13-18(22-17,15-9-5-3-6-10-15)20-11-7-4-8-12-20/h3,5-6,9-10,13,21H,1,4,7-8,11-12H2,2H3. The van der Waals surface area contributed by atoms with E-state index in [-0.39, 0.29) is 5.88 Å². The molecule has 0 spiro atoms. The first-order chi connectivity index (χ1) is 10.6. The molecule has 0 aromatic heterocycles. The predicted molar refractivity (Wildman–Crippen MR) is 87.6 cm³/mol. The van der Waals surface area contributed by atoms with Gasteiger partial charge in [0.05, 0.1) is 0 Å². The van der Waals surface area contributed by atoms with E-state index in [2.05, 4.69) is 16.5 Å². The lowest BCUT2D eigenvalue weighted by Gasteiger charge is -2.45. The second kappa shape index (κ2) is 5.97. The summed E-state index contributed by atoms with van der Waals surface area (Å²) >= 11 is 0. The molecule has 1 atom stereocenters. The van der Waals surface area contributed by atoms with Gasteiger partial charge < -0.3 is 9.84 Å². The number of hydrogen-bond acceptors (Lipinski definition) is 4. The van der Waals surface area contributed by atoms with Gasteiger partial charge in [0.15, 0.2) is 0 Å². The van der Waals surface area contributed by atoms with Crippen LogP contribution in [0.15, 0.2) is 59.4 Å². The Balaban J connectivity index is 2.08. The second-order valence-corrected chi connectivity index (χ2v) is 5.91. The first-order valence-electron chi connectivity index (χ1n) is 7.78. The van der Waals surface area contributed by atoms with Crippen molar-refractivity contribution in [3.05, 3.63) is 60.0 Å². The average Bonchev–Trinajstić information content (AvgIpc) is 2.56. The van der Waals surface area contributed by atoms with Crippen molar-refractivity contribution in [2.75, 3.05) is 13.1 Å². The zero-order chi connectivity index (χ0) is 15.6. The van der Waals surface area contributed by atoms with Crippen LogP contribution in [0.1, 0.15) is 31.7 Å². The van der Waals surface area contributed by atoms with Crippen molar-refractivity contribution in [1.82, 2.24) is 4.90 Å². The Hall–Kier alpha value is -2.07. The third kappa shape index (κ3) is 2.66. The second-order valence-electron chi connectivity index (χ2n) is 5.91. The fraction of sp³-hybridized carbons (Fsp3) is 0.389. The van der Waals surface area contributed by atoms with Crippen molar-refractivity contribution in [3.8, 4) is 0 Å². The molecule has 0 saturated carbocycles. The van der Waals surface area contributed by atoms with Gasteiger partial charge in [0.1, 0.15) is 0 Å². The van der Waals surface area contributed by atoms with Gasteiger partial charge in [-0.3, -0.25) is 4.90 Å². The van der Waals surface area contributed by atoms with E-state index in [4.69, 9.17) is 4.74 Å². The van der Waals surface area contributed by atoms with Crippen LogP contribution in [0, 0.1) is 0 Å². The molecule has 0 bridgehead atoms. The minimum Gasteiger partial charge on any atom is -0.493 e. The van der Waals surface area contributed by atoms with Crippen LogP contribution in [0.3, 0.4) is 0 Å². The third-order valence-corrected chi connectivity index (χ3v) is 4.17. The van der Waals surface area contributed by atoms with E-state index in [1.807, 2.05) is 37.3 Å². The fourth-order valence-corrected chi connectivity index (χ4v) is 3.08. The molecule has 2 aliphatic heterocycles. The lowest BCUT2D eigenvalue weighted by molar-refractivity contribution is -0.0761. The highest BCUT2D eigenvalue weighted by atomic mass is 16.5. The number of rotatable bonds is 3. The Morgan fingerprint density at radius 2 is 1.91 bits per heavy atom. The van der Waals surface area contributed by atoms with E-state index < -0.39 is 5.72 Å². The van der Waals surface area contributed by atoms with Crippen LogP contribution >= 0.6 is 0 Å². The molecule has 2 aliphatic rings. The first kappa shape index (κ1) is 14.9. The molecule has 1 fully saturated rings. The highest BCUT2D eigenvalue weighted by molar-refractivity contribution is 5.93. The molecule has 1 aromatic carbocycles. The van der Waals surface area contributed by atoms with E-state index in [0.29, 0.717) is 11.5 Å². The number of aliphatic imine (C=N–C) groups is 1. The molecular formula is C18H22N2O2. The van der Waals surface area contributed by atoms with E-state index in [0.717, 1.165) is 31.5 Å². The van der Waals surface area contributed by atoms with Crippen LogP contribution in [-0.4, -0.2) is 29.0 Å². The van der Waals surface area contributed by atoms with Crippen molar-refractivity contribution >= 4 is 5.90 Å². The largest absolute Gasteiger partial charge is 0.493 e. The Kier molecular flexibility index (Phi) is 4.03. The van der Waals surface area contributed by atoms with Gasteiger partial charge in [-0.25, -0.2) is 0 Å². The maximum atomic E-state index is 10.2. The number of nitrogens with zero attached hydrogens (tertiary/aromatic N) is 2. The number of benzene rings is 1. The molecular weight excluding hydrogens is 276 g/mol. The summed E-state index contributed by atoms with van der Waals surface area (Å²) in [4.78, 5) is 6.36. The Morgan fingerprint density at radius 1 is 1.23 bits per heavy atom. The molecule has 116 valence electrons. The van der Waals surface area contributed by atoms with Gasteiger partial charge in [0, 0.05) is 30.3 Å². The highest BCUT2D eigenvalue weighted by Gasteiger charge is 2.43. The summed E-state index contributed by atoms with van der Waals surface area (Å²) in [5, 5.41) is 10.2. The fourth-order valence-electron chi connectivity index (χ4n) is 3.08. The number of piperidine rings is 1. The van der Waals surface area contributed by atoms with Crippen LogP contribution < -0.4 is 0 Å². The average molecular weight is 298 g/mol. The molecule has 4 nitrogen and oxygen atoms in total. The van der Waals surface area contributed by atoms with Gasteiger partial charge in [-0.05, 0) is 19.8 Å². The smallest absolute Gasteiger partial charge is 0.221 e. The van der Waals surface area contributed by atoms with Gasteiger partial charge in [-0.15, -0.1) is 0 Å². The van der Waals surface area contributed by atoms with Crippen LogP contribution in [0.4, 0.5) is 0 Å². The molecule has 1 aromatic rings. The van der Waals surface area contributed by atoms with Crippen molar-refractivity contribution in [2.24, 2.45) is 4.99 Å². The summed E-state index contributed by atoms with van der Waals surface area (Å²) < 4.78 is 6.27. The van der Waals surface area contributed by atoms with Gasteiger partial charge in [-0.2, -0.15) is 4.99 Å². The third-order valence-electron chi connectivity index (χ3n) is 4.17. The quantitative estimate of drug-likeness (QED) is 0.925. The minimum absolute atomic E-state index is 0.0151. The molecule has 1 saturated heterocycles. The summed E-state index contributed by atoms with van der Waals surface area (Å²) in [6.07, 6.45) is 5.21. The van der Waals surface area contributed by atoms with Crippen LogP contribution in [0.5, 0.6) is 0 Å². The molecule has 22 heavy (non-hydrogen) atoms. The number of likely N-dealkylation sites (tertiary alicyclic amines) is 1. The Morgan fingerprint density at radius 3 is 2.55 bits per heavy atom. The summed E-state index contributed by atoms with van der Waals surface area (Å²) in [6.45, 7) is 7.61. The van der Waals surface area contributed by atoms with E-state index in [1.54, 1.807) is 6.08 Å². The zero-order valence-electron chi connectivity index (χ0n) is 13.0. The monoisotopic (exact) mass is 298 g/mol. The number of ether oxygens (including phenoxy) is 1. The maximum absolute atomic E-state index is 10.2. The zero-order valence-corrected chi connectivity index (χ0v) is 13.0. The predicted octanol–water partition coefficient (Wildman–Crippen LogP) is 3.73. The van der Waals surface area contributed by atoms with E-state index in [9.17, 15) is 5.11 Å². The van der Waals surface area contributed by atoms with Crippen LogP contribution in [-0.2, 0) is 10.5 Å². The molecule has 0 aliphatic carbocycles. The van der Waals surface area contributed by atoms with Gasteiger partial charge in [0.2, 0.25) is 17.5 Å². The van der Waals surface area contributed by atoms with Crippen molar-refractivity contribution in [3.63, 3.8) is 0 Å². The van der Waals surface area contributed by atoms with Gasteiger partial charge in [0.25, 0.3) is 0 Å². The minimum atomic E-state index is -0.804. The van der Waals surface area contributed by atoms with Crippen molar-refractivity contribution < 1.29 is 9.84 Å². The van der Waals surface area contributed by atoms with Crippen LogP contribution in [0.25, 0.3) is 0 Å². The summed E-state index contributed by atoms with van der Waals surface area (Å²) in [7, 11) is 0. The highest BCUT2D eigenvalue weighted by Crippen LogP contribution is 2.38. The first-order valence-corrected chi connectivity index (χ1v) is 7.78. The lowest BCUT2D eigenvalue weighted by Crippen LogP contribution is -2.51. The van der Waals surface area contributed by atoms with Crippen molar-refractivity contribution in [1.29, 1.82) is 0 Å². The van der Waals surface area contributed by atoms with E-state index >= 15 is 0 Å². The molecule has 1 unspecified atom stereocenters. The summed E-state index contributed by atoms with van der Waals surface area (Å²) in [5.41, 5.74) is 0.899. The van der Waals surface area contributed by atoms with E-state index in [1.165, 1.54) is 6.42 Å². The van der Waals surface area contributed by atoms with Crippen molar-refractivity contribution in [2.45, 2.75) is 31.9 Å². The summed E-state index contributed by atoms with van der Waals surface area (Å²) in [6, 6.07) is 10.0. The molecule has 0 amide bonds. The normalized spacial score (nSPS) is 25.9. The molecule has 0 radical (unpaired) electrons.